The summed E-state index contributed by atoms with van der Waals surface area (Å²) in [7, 11) is -3.67. The molecule has 164 valence electrons. The lowest BCUT2D eigenvalue weighted by Gasteiger charge is -2.34. The summed E-state index contributed by atoms with van der Waals surface area (Å²) in [6, 6.07) is 10.5. The number of benzene rings is 2. The molecule has 2 aliphatic heterocycles. The summed E-state index contributed by atoms with van der Waals surface area (Å²) in [4.78, 5) is 14.3. The second-order valence-corrected chi connectivity index (χ2v) is 9.55. The third-order valence-corrected chi connectivity index (χ3v) is 7.66. The summed E-state index contributed by atoms with van der Waals surface area (Å²) in [6.07, 6.45) is 0. The van der Waals surface area contributed by atoms with Gasteiger partial charge < -0.3 is 13.9 Å². The maximum atomic E-state index is 13.1. The molecule has 1 saturated heterocycles. The van der Waals surface area contributed by atoms with Crippen molar-refractivity contribution in [1.82, 2.24) is 13.8 Å². The van der Waals surface area contributed by atoms with Crippen molar-refractivity contribution >= 4 is 21.1 Å². The third kappa shape index (κ3) is 3.60. The molecule has 0 N–H and O–H groups in total. The van der Waals surface area contributed by atoms with E-state index < -0.39 is 15.8 Å². The summed E-state index contributed by atoms with van der Waals surface area (Å²) in [5.41, 5.74) is 1.98. The van der Waals surface area contributed by atoms with Gasteiger partial charge in [0.25, 0.3) is 0 Å². The smallest absolute Gasteiger partial charge is 0.419 e. The molecule has 0 bridgehead atoms. The highest BCUT2D eigenvalue weighted by atomic mass is 32.2. The van der Waals surface area contributed by atoms with Crippen molar-refractivity contribution < 1.29 is 22.3 Å². The van der Waals surface area contributed by atoms with E-state index in [1.165, 1.54) is 21.0 Å². The van der Waals surface area contributed by atoms with Crippen LogP contribution < -0.4 is 15.2 Å². The van der Waals surface area contributed by atoms with Gasteiger partial charge >= 0.3 is 5.76 Å². The van der Waals surface area contributed by atoms with Crippen molar-refractivity contribution in [2.75, 3.05) is 33.0 Å². The van der Waals surface area contributed by atoms with E-state index in [0.29, 0.717) is 44.8 Å². The van der Waals surface area contributed by atoms with Crippen LogP contribution >= 0.6 is 0 Å². The van der Waals surface area contributed by atoms with Crippen molar-refractivity contribution in [2.24, 2.45) is 0 Å². The molecule has 0 spiro atoms. The third-order valence-electron chi connectivity index (χ3n) is 5.77. The van der Waals surface area contributed by atoms with Gasteiger partial charge in [0.2, 0.25) is 16.8 Å². The molecule has 3 heterocycles. The first kappa shape index (κ1) is 20.1. The zero-order chi connectivity index (χ0) is 21.6. The Labute approximate surface area is 179 Å². The summed E-state index contributed by atoms with van der Waals surface area (Å²) in [6.45, 7) is 5.29. The lowest BCUT2D eigenvalue weighted by atomic mass is 10.2. The van der Waals surface area contributed by atoms with Crippen LogP contribution in [0.5, 0.6) is 11.5 Å². The first-order valence-corrected chi connectivity index (χ1v) is 11.6. The molecule has 2 aliphatic rings. The number of sulfonamides is 1. The number of hydrogen-bond donors (Lipinski definition) is 0. The monoisotopic (exact) mass is 445 g/mol. The Morgan fingerprint density at radius 3 is 2.52 bits per heavy atom. The van der Waals surface area contributed by atoms with Crippen LogP contribution in [0, 0.1) is 0 Å². The van der Waals surface area contributed by atoms with E-state index in [0.717, 1.165) is 17.1 Å². The highest BCUT2D eigenvalue weighted by Crippen LogP contribution is 2.33. The normalized spacial score (nSPS) is 17.5. The number of fused-ring (bicyclic) bond motifs is 2. The van der Waals surface area contributed by atoms with Crippen molar-refractivity contribution in [3.8, 4) is 11.5 Å². The first-order valence-electron chi connectivity index (χ1n) is 10.2. The largest absolute Gasteiger partial charge is 0.454 e. The van der Waals surface area contributed by atoms with Gasteiger partial charge in [0.15, 0.2) is 17.1 Å². The van der Waals surface area contributed by atoms with E-state index >= 15 is 0 Å². The van der Waals surface area contributed by atoms with Gasteiger partial charge in [-0.2, -0.15) is 4.31 Å². The van der Waals surface area contributed by atoms with Crippen LogP contribution in [0.4, 0.5) is 0 Å². The molecular formula is C21H23N3O6S. The number of hydrogen-bond acceptors (Lipinski definition) is 7. The van der Waals surface area contributed by atoms with Crippen molar-refractivity contribution in [1.29, 1.82) is 0 Å². The van der Waals surface area contributed by atoms with Gasteiger partial charge in [0, 0.05) is 45.3 Å². The van der Waals surface area contributed by atoms with E-state index in [1.807, 2.05) is 25.1 Å². The molecule has 0 amide bonds. The van der Waals surface area contributed by atoms with E-state index in [1.54, 1.807) is 6.07 Å². The summed E-state index contributed by atoms with van der Waals surface area (Å²) in [5, 5.41) is 0. The average molecular weight is 445 g/mol. The summed E-state index contributed by atoms with van der Waals surface area (Å²) in [5.74, 6) is 1.02. The predicted octanol–water partition coefficient (Wildman–Crippen LogP) is 1.85. The molecule has 3 aromatic rings. The molecule has 0 atom stereocenters. The van der Waals surface area contributed by atoms with E-state index in [9.17, 15) is 13.2 Å². The molecule has 2 aromatic carbocycles. The molecule has 1 aromatic heterocycles. The number of oxazole rings is 1. The van der Waals surface area contributed by atoms with Crippen LogP contribution in [0.15, 0.2) is 50.5 Å². The Kier molecular flexibility index (Phi) is 4.99. The zero-order valence-corrected chi connectivity index (χ0v) is 17.9. The number of aryl methyl sites for hydroxylation is 1. The fraction of sp³-hybridized carbons (Fsp3) is 0.381. The highest BCUT2D eigenvalue weighted by Gasteiger charge is 2.29. The fourth-order valence-corrected chi connectivity index (χ4v) is 5.52. The van der Waals surface area contributed by atoms with Crippen molar-refractivity contribution in [3.63, 3.8) is 0 Å². The number of piperazine rings is 1. The van der Waals surface area contributed by atoms with Crippen molar-refractivity contribution in [2.45, 2.75) is 24.9 Å². The molecule has 9 nitrogen and oxygen atoms in total. The molecule has 5 rings (SSSR count). The van der Waals surface area contributed by atoms with Gasteiger partial charge in [0.05, 0.1) is 10.4 Å². The fourth-order valence-electron chi connectivity index (χ4n) is 4.08. The van der Waals surface area contributed by atoms with Gasteiger partial charge in [-0.25, -0.2) is 13.2 Å². The van der Waals surface area contributed by atoms with Crippen LogP contribution in [0.25, 0.3) is 11.1 Å². The SMILES string of the molecule is CCn1c(=O)oc2cc(S(=O)(=O)N3CCN(Cc4ccc5c(c4)OCO5)CC3)ccc21. The van der Waals surface area contributed by atoms with Crippen molar-refractivity contribution in [3.05, 3.63) is 52.5 Å². The Hall–Kier alpha value is -2.82. The Bertz CT molecular complexity index is 1290. The maximum Gasteiger partial charge on any atom is 0.419 e. The van der Waals surface area contributed by atoms with Crippen LogP contribution in [-0.4, -0.2) is 55.2 Å². The second-order valence-electron chi connectivity index (χ2n) is 7.61. The van der Waals surface area contributed by atoms with Crippen LogP contribution in [0.1, 0.15) is 12.5 Å². The quantitative estimate of drug-likeness (QED) is 0.592. The Morgan fingerprint density at radius 2 is 1.74 bits per heavy atom. The topological polar surface area (TPSA) is 94.2 Å². The molecule has 0 saturated carbocycles. The van der Waals surface area contributed by atoms with Gasteiger partial charge in [-0.3, -0.25) is 9.47 Å². The van der Waals surface area contributed by atoms with Crippen LogP contribution in [0.3, 0.4) is 0 Å². The Balaban J connectivity index is 1.28. The minimum Gasteiger partial charge on any atom is -0.454 e. The number of ether oxygens (including phenoxy) is 2. The molecule has 0 radical (unpaired) electrons. The lowest BCUT2D eigenvalue weighted by Crippen LogP contribution is -2.48. The van der Waals surface area contributed by atoms with Gasteiger partial charge in [-0.15, -0.1) is 0 Å². The molecule has 10 heteroatoms. The van der Waals surface area contributed by atoms with Gasteiger partial charge in [0.1, 0.15) is 0 Å². The van der Waals surface area contributed by atoms with E-state index in [4.69, 9.17) is 13.9 Å². The van der Waals surface area contributed by atoms with E-state index in [2.05, 4.69) is 4.90 Å². The molecule has 0 aliphatic carbocycles. The minimum atomic E-state index is -3.67. The minimum absolute atomic E-state index is 0.140. The number of aromatic nitrogens is 1. The Morgan fingerprint density at radius 1 is 0.968 bits per heavy atom. The molecule has 0 unspecified atom stereocenters. The lowest BCUT2D eigenvalue weighted by molar-refractivity contribution is 0.173. The maximum absolute atomic E-state index is 13.1. The average Bonchev–Trinajstić information content (AvgIpc) is 3.36. The first-order chi connectivity index (χ1) is 15.0. The molecule has 31 heavy (non-hydrogen) atoms. The van der Waals surface area contributed by atoms with Crippen LogP contribution in [-0.2, 0) is 23.1 Å². The summed E-state index contributed by atoms with van der Waals surface area (Å²) < 4.78 is 45.2. The number of nitrogens with zero attached hydrogens (tertiary/aromatic N) is 3. The summed E-state index contributed by atoms with van der Waals surface area (Å²) >= 11 is 0. The van der Waals surface area contributed by atoms with Gasteiger partial charge in [-0.1, -0.05) is 6.07 Å². The van der Waals surface area contributed by atoms with Crippen LogP contribution in [0.2, 0.25) is 0 Å². The second kappa shape index (κ2) is 7.70. The van der Waals surface area contributed by atoms with Gasteiger partial charge in [-0.05, 0) is 36.8 Å². The molecular weight excluding hydrogens is 422 g/mol. The van der Waals surface area contributed by atoms with E-state index in [-0.39, 0.29) is 17.3 Å². The molecule has 1 fully saturated rings. The highest BCUT2D eigenvalue weighted by molar-refractivity contribution is 7.89. The zero-order valence-electron chi connectivity index (χ0n) is 17.1. The predicted molar refractivity (Wildman–Crippen MR) is 113 cm³/mol. The number of rotatable bonds is 5. The standard InChI is InChI=1S/C21H23N3O6S/c1-2-24-17-5-4-16(12-19(17)30-21(24)25)31(26,27)23-9-7-22(8-10-23)13-15-3-6-18-20(11-15)29-14-28-18/h3-6,11-12H,2,7-10,13-14H2,1H3.